The first-order valence-corrected chi connectivity index (χ1v) is 25.5. The Bertz CT molecular complexity index is 3350. The summed E-state index contributed by atoms with van der Waals surface area (Å²) in [6.45, 7) is 33.7. The standard InChI is InChI=1S/2C29H31N7O2/c2*1-7-38-28-14-26(32-15-27(28)30-5)19(3)36-10-8-22-23(25-17-34(6)33-18(25)2)12-21(13-24(22)29(36)37)16-35-11-9-31-20(35)4/h2*9,11-15,17,19H,7-8,10,16H2,1-4,6H3/t2*19-/m10/s1. The number of nitrogens with zero attached hydrogens (tertiary/aromatic N) is 14. The summed E-state index contributed by atoms with van der Waals surface area (Å²) in [5.41, 5.74) is 13.8. The molecule has 0 saturated heterocycles. The molecule has 0 spiro atoms. The number of aryl methyl sites for hydroxylation is 6. The van der Waals surface area contributed by atoms with Gasteiger partial charge in [-0.05, 0) is 138 Å². The van der Waals surface area contributed by atoms with Gasteiger partial charge in [0, 0.05) is 112 Å². The number of amides is 2. The van der Waals surface area contributed by atoms with E-state index in [9.17, 15) is 9.59 Å². The molecule has 0 fully saturated rings. The van der Waals surface area contributed by atoms with Gasteiger partial charge in [0.25, 0.3) is 11.8 Å². The monoisotopic (exact) mass is 1020 g/mol. The minimum Gasteiger partial charge on any atom is -0.505 e. The number of carbonyl (C=O) groups is 2. The number of benzene rings is 2. The highest BCUT2D eigenvalue weighted by molar-refractivity contribution is 6.00. The van der Waals surface area contributed by atoms with Gasteiger partial charge in [-0.2, -0.15) is 10.2 Å². The third-order valence-corrected chi connectivity index (χ3v) is 14.3. The van der Waals surface area contributed by atoms with Crippen LogP contribution in [0.5, 0.6) is 11.5 Å². The fourth-order valence-corrected chi connectivity index (χ4v) is 10.4. The number of pyridine rings is 2. The van der Waals surface area contributed by atoms with Gasteiger partial charge in [0.1, 0.15) is 23.1 Å². The second kappa shape index (κ2) is 21.9. The SMILES string of the molecule is [C-]#[N+]c1cnc([C@@H](C)N2CCc3c(cc(Cn4ccnc4C)cc3-c3cn(C)nc3C)C2=O)cc1OCC.[C-]#[N+]c1cnc([C@H](C)N2CCc3c(cc(Cn4ccnc4C)cc3-c3cn(C)nc3C)C2=O)cc1OCC. The molecule has 10 rings (SSSR count). The summed E-state index contributed by atoms with van der Waals surface area (Å²) < 4.78 is 19.1. The lowest BCUT2D eigenvalue weighted by atomic mass is 9.87. The molecule has 0 bridgehead atoms. The minimum absolute atomic E-state index is 0.0280. The van der Waals surface area contributed by atoms with Gasteiger partial charge in [-0.3, -0.25) is 28.9 Å². The van der Waals surface area contributed by atoms with Crippen LogP contribution in [0.4, 0.5) is 11.4 Å². The molecule has 0 saturated carbocycles. The molecule has 8 aromatic rings. The molecule has 18 nitrogen and oxygen atoms in total. The maximum Gasteiger partial charge on any atom is 0.254 e. The summed E-state index contributed by atoms with van der Waals surface area (Å²) in [7, 11) is 3.83. The predicted octanol–water partition coefficient (Wildman–Crippen LogP) is 10.1. The van der Waals surface area contributed by atoms with Crippen LogP contribution in [0.2, 0.25) is 0 Å². The molecule has 2 aliphatic rings. The number of aromatic nitrogens is 10. The van der Waals surface area contributed by atoms with Gasteiger partial charge < -0.3 is 28.4 Å². The number of rotatable bonds is 14. The van der Waals surface area contributed by atoms with Crippen LogP contribution < -0.4 is 9.47 Å². The highest BCUT2D eigenvalue weighted by atomic mass is 16.5. The lowest BCUT2D eigenvalue weighted by Crippen LogP contribution is -2.40. The van der Waals surface area contributed by atoms with Gasteiger partial charge in [0.15, 0.2) is 0 Å². The number of fused-ring (bicyclic) bond motifs is 2. The first-order chi connectivity index (χ1) is 36.6. The Hall–Kier alpha value is -8.90. The third kappa shape index (κ3) is 10.3. The number of hydrogen-bond acceptors (Lipinski definition) is 10. The van der Waals surface area contributed by atoms with E-state index in [0.717, 1.165) is 80.4 Å². The van der Waals surface area contributed by atoms with Crippen molar-refractivity contribution in [2.24, 2.45) is 14.1 Å². The van der Waals surface area contributed by atoms with E-state index < -0.39 is 0 Å². The first-order valence-electron chi connectivity index (χ1n) is 25.5. The first kappa shape index (κ1) is 52.0. The molecule has 2 amide bonds. The smallest absolute Gasteiger partial charge is 0.254 e. The second-order valence-electron chi connectivity index (χ2n) is 19.2. The number of imidazole rings is 2. The van der Waals surface area contributed by atoms with Crippen molar-refractivity contribution < 1.29 is 19.1 Å². The molecule has 2 aromatic carbocycles. The quantitative estimate of drug-likeness (QED) is 0.0958. The Balaban J connectivity index is 0.000000186. The average Bonchev–Trinajstić information content (AvgIpc) is 4.20. The topological polar surface area (TPSA) is 165 Å². The van der Waals surface area contributed by atoms with Crippen molar-refractivity contribution >= 4 is 23.2 Å². The van der Waals surface area contributed by atoms with Gasteiger partial charge in [-0.1, -0.05) is 0 Å². The number of carbonyl (C=O) groups excluding carboxylic acids is 2. The molecule has 18 heteroatoms. The van der Waals surface area contributed by atoms with Gasteiger partial charge in [-0.15, -0.1) is 0 Å². The van der Waals surface area contributed by atoms with Gasteiger partial charge >= 0.3 is 0 Å². The van der Waals surface area contributed by atoms with Crippen LogP contribution >= 0.6 is 0 Å². The highest BCUT2D eigenvalue weighted by Gasteiger charge is 2.34. The molecule has 6 aromatic heterocycles. The largest absolute Gasteiger partial charge is 0.505 e. The summed E-state index contributed by atoms with van der Waals surface area (Å²) in [4.78, 5) is 56.5. The van der Waals surface area contributed by atoms with Crippen LogP contribution in [0.1, 0.15) is 117 Å². The second-order valence-corrected chi connectivity index (χ2v) is 19.2. The van der Waals surface area contributed by atoms with Crippen molar-refractivity contribution in [3.8, 4) is 33.8 Å². The normalized spacial score (nSPS) is 13.8. The Kier molecular flexibility index (Phi) is 15.0. The third-order valence-electron chi connectivity index (χ3n) is 14.3. The number of ether oxygens (including phenoxy) is 2. The van der Waals surface area contributed by atoms with E-state index in [1.165, 1.54) is 12.4 Å². The molecule has 0 N–H and O–H groups in total. The fourth-order valence-electron chi connectivity index (χ4n) is 10.4. The maximum atomic E-state index is 14.0. The van der Waals surface area contributed by atoms with E-state index in [1.54, 1.807) is 24.5 Å². The molecule has 0 unspecified atom stereocenters. The minimum atomic E-state index is -0.280. The maximum absolute atomic E-state index is 14.0. The molecule has 0 radical (unpaired) electrons. The summed E-state index contributed by atoms with van der Waals surface area (Å²) in [5, 5.41) is 9.12. The molecular formula is C58H62N14O4. The average molecular weight is 1020 g/mol. The van der Waals surface area contributed by atoms with E-state index in [0.29, 0.717) is 84.8 Å². The van der Waals surface area contributed by atoms with Crippen LogP contribution in [-0.2, 0) is 40.0 Å². The van der Waals surface area contributed by atoms with Crippen molar-refractivity contribution in [2.45, 2.75) is 93.4 Å². The zero-order valence-electron chi connectivity index (χ0n) is 44.8. The van der Waals surface area contributed by atoms with Crippen LogP contribution in [0, 0.1) is 40.8 Å². The predicted molar refractivity (Wildman–Crippen MR) is 289 cm³/mol. The van der Waals surface area contributed by atoms with Gasteiger partial charge in [0.2, 0.25) is 11.4 Å². The van der Waals surface area contributed by atoms with E-state index in [2.05, 4.69) is 61.1 Å². The van der Waals surface area contributed by atoms with Crippen molar-refractivity contribution in [3.63, 3.8) is 0 Å². The van der Waals surface area contributed by atoms with E-state index >= 15 is 0 Å². The summed E-state index contributed by atoms with van der Waals surface area (Å²) in [6, 6.07) is 11.4. The van der Waals surface area contributed by atoms with Gasteiger partial charge in [0.05, 0.1) is 61.2 Å². The molecule has 8 heterocycles. The Labute approximate surface area is 443 Å². The van der Waals surface area contributed by atoms with Crippen molar-refractivity contribution in [1.82, 2.24) is 58.4 Å². The zero-order valence-corrected chi connectivity index (χ0v) is 44.8. The van der Waals surface area contributed by atoms with Crippen LogP contribution in [0.3, 0.4) is 0 Å². The highest BCUT2D eigenvalue weighted by Crippen LogP contribution is 2.40. The lowest BCUT2D eigenvalue weighted by molar-refractivity contribution is 0.0661. The molecule has 2 atom stereocenters. The summed E-state index contributed by atoms with van der Waals surface area (Å²) in [5.74, 6) is 2.78. The molecule has 2 aliphatic heterocycles. The van der Waals surface area contributed by atoms with Crippen molar-refractivity contribution in [1.29, 1.82) is 0 Å². The lowest BCUT2D eigenvalue weighted by Gasteiger charge is -2.34. The molecule has 388 valence electrons. The van der Waals surface area contributed by atoms with Crippen LogP contribution in [0.25, 0.3) is 31.9 Å². The summed E-state index contributed by atoms with van der Waals surface area (Å²) >= 11 is 0. The van der Waals surface area contributed by atoms with Crippen LogP contribution in [-0.4, -0.2) is 96.5 Å². The molecule has 0 aliphatic carbocycles. The molecule has 76 heavy (non-hydrogen) atoms. The Morgan fingerprint density at radius 1 is 0.579 bits per heavy atom. The number of hydrogen-bond donors (Lipinski definition) is 0. The van der Waals surface area contributed by atoms with Crippen molar-refractivity contribution in [2.75, 3.05) is 26.3 Å². The van der Waals surface area contributed by atoms with Crippen molar-refractivity contribution in [3.05, 3.63) is 177 Å². The Morgan fingerprint density at radius 3 is 1.30 bits per heavy atom. The molecular weight excluding hydrogens is 957 g/mol. The summed E-state index contributed by atoms with van der Waals surface area (Å²) in [6.07, 6.45) is 16.0. The zero-order chi connectivity index (χ0) is 53.9. The van der Waals surface area contributed by atoms with E-state index in [4.69, 9.17) is 22.6 Å². The fraction of sp³-hybridized carbons (Fsp3) is 0.345. The van der Waals surface area contributed by atoms with Crippen LogP contribution in [0.15, 0.2) is 86.0 Å². The Morgan fingerprint density at radius 2 is 0.974 bits per heavy atom. The van der Waals surface area contributed by atoms with E-state index in [-0.39, 0.29) is 23.9 Å². The van der Waals surface area contributed by atoms with Gasteiger partial charge in [-0.25, -0.2) is 19.7 Å². The van der Waals surface area contributed by atoms with E-state index in [1.807, 2.05) is 126 Å².